The van der Waals surface area contributed by atoms with Crippen LogP contribution in [0.2, 0.25) is 0 Å². The Hall–Kier alpha value is -4.45. The molecule has 1 aromatic carbocycles. The number of carbonyl (C=O) groups excluding carboxylic acids is 1. The maximum atomic E-state index is 11.6. The number of carbonyl (C=O) groups is 1. The van der Waals surface area contributed by atoms with Gasteiger partial charge in [-0.2, -0.15) is 0 Å². The van der Waals surface area contributed by atoms with Gasteiger partial charge in [-0.1, -0.05) is 11.3 Å². The van der Waals surface area contributed by atoms with Crippen LogP contribution in [-0.4, -0.2) is 70.3 Å². The summed E-state index contributed by atoms with van der Waals surface area (Å²) in [6, 6.07) is 11.6. The Morgan fingerprint density at radius 2 is 1.87 bits per heavy atom. The van der Waals surface area contributed by atoms with Gasteiger partial charge in [-0.25, -0.2) is 19.9 Å². The van der Waals surface area contributed by atoms with E-state index in [2.05, 4.69) is 25.5 Å². The van der Waals surface area contributed by atoms with Gasteiger partial charge in [-0.15, -0.1) is 0 Å². The Morgan fingerprint density at radius 3 is 2.64 bits per heavy atom. The first kappa shape index (κ1) is 24.9. The van der Waals surface area contributed by atoms with Gasteiger partial charge in [0.25, 0.3) is 0 Å². The summed E-state index contributed by atoms with van der Waals surface area (Å²) in [5.41, 5.74) is 3.28. The molecule has 2 aliphatic heterocycles. The molecule has 0 saturated carbocycles. The van der Waals surface area contributed by atoms with Crippen LogP contribution >= 0.6 is 11.3 Å². The van der Waals surface area contributed by atoms with Crippen LogP contribution < -0.4 is 25.0 Å². The van der Waals surface area contributed by atoms with Gasteiger partial charge in [-0.3, -0.25) is 4.79 Å². The number of nitrogens with zero attached hydrogens (tertiary/aromatic N) is 6. The highest BCUT2D eigenvalue weighted by Crippen LogP contribution is 2.42. The summed E-state index contributed by atoms with van der Waals surface area (Å²) in [4.78, 5) is 35.3. The minimum atomic E-state index is 0.114. The normalized spacial score (nSPS) is 14.4. The molecular formula is C27H28N8O3S. The number of rotatable bonds is 7. The van der Waals surface area contributed by atoms with Crippen molar-refractivity contribution in [2.45, 2.75) is 13.8 Å². The van der Waals surface area contributed by atoms with Crippen molar-refractivity contribution < 1.29 is 14.3 Å². The summed E-state index contributed by atoms with van der Waals surface area (Å²) in [6.07, 6.45) is 3.51. The average molecular weight is 545 g/mol. The number of amides is 1. The zero-order valence-corrected chi connectivity index (χ0v) is 22.5. The predicted octanol–water partition coefficient (Wildman–Crippen LogP) is 4.23. The van der Waals surface area contributed by atoms with Crippen molar-refractivity contribution in [1.29, 1.82) is 0 Å². The number of hydrogen-bond donors (Lipinski definition) is 2. The fourth-order valence-corrected chi connectivity index (χ4v) is 5.56. The highest BCUT2D eigenvalue weighted by Gasteiger charge is 2.21. The molecule has 0 atom stereocenters. The Balaban J connectivity index is 1.22. The molecule has 1 saturated heterocycles. The lowest BCUT2D eigenvalue weighted by Crippen LogP contribution is -2.48. The van der Waals surface area contributed by atoms with E-state index in [-0.39, 0.29) is 12.7 Å². The highest BCUT2D eigenvalue weighted by molar-refractivity contribution is 7.19. The molecule has 5 heterocycles. The van der Waals surface area contributed by atoms with E-state index in [1.807, 2.05) is 48.2 Å². The molecule has 6 rings (SSSR count). The number of fused-ring (bicyclic) bond motifs is 1. The largest absolute Gasteiger partial charge is 0.454 e. The fraction of sp³-hybridized carbons (Fsp3) is 0.296. The van der Waals surface area contributed by atoms with Crippen LogP contribution in [0, 0.1) is 0 Å². The molecule has 0 unspecified atom stereocenters. The molecule has 200 valence electrons. The lowest BCUT2D eigenvalue weighted by atomic mass is 10.1. The number of piperazine rings is 1. The van der Waals surface area contributed by atoms with E-state index in [1.54, 1.807) is 30.7 Å². The Labute approximate surface area is 229 Å². The first-order valence-electron chi connectivity index (χ1n) is 12.8. The van der Waals surface area contributed by atoms with Gasteiger partial charge in [0.2, 0.25) is 18.6 Å². The summed E-state index contributed by atoms with van der Waals surface area (Å²) < 4.78 is 11.1. The van der Waals surface area contributed by atoms with E-state index in [1.165, 1.54) is 0 Å². The third-order valence-electron chi connectivity index (χ3n) is 6.54. The Kier molecular flexibility index (Phi) is 6.84. The summed E-state index contributed by atoms with van der Waals surface area (Å²) >= 11 is 1.55. The molecular weight excluding hydrogens is 516 g/mol. The molecule has 0 bridgehead atoms. The maximum absolute atomic E-state index is 11.6. The SMILES string of the molecule is CCNc1nc(-c2ccc3c(c2)OCO3)c(-c2ccnc(Nc3ccc(N4CCN(C(C)=O)CC4)nc3)n2)s1. The van der Waals surface area contributed by atoms with E-state index in [0.29, 0.717) is 24.8 Å². The third-order valence-corrected chi connectivity index (χ3v) is 7.58. The lowest BCUT2D eigenvalue weighted by Gasteiger charge is -2.34. The number of hydrogen-bond acceptors (Lipinski definition) is 11. The lowest BCUT2D eigenvalue weighted by molar-refractivity contribution is -0.129. The molecule has 2 aliphatic rings. The number of pyridine rings is 1. The van der Waals surface area contributed by atoms with Gasteiger partial charge in [0, 0.05) is 51.4 Å². The molecule has 0 spiro atoms. The van der Waals surface area contributed by atoms with Crippen molar-refractivity contribution in [3.05, 3.63) is 48.8 Å². The Bertz CT molecular complexity index is 1480. The van der Waals surface area contributed by atoms with Crippen molar-refractivity contribution in [2.24, 2.45) is 0 Å². The summed E-state index contributed by atoms with van der Waals surface area (Å²) in [5, 5.41) is 7.40. The number of anilines is 4. The smallest absolute Gasteiger partial charge is 0.231 e. The molecule has 3 aromatic heterocycles. The minimum absolute atomic E-state index is 0.114. The van der Waals surface area contributed by atoms with Crippen LogP contribution in [0.3, 0.4) is 0 Å². The second-order valence-corrected chi connectivity index (χ2v) is 10.1. The minimum Gasteiger partial charge on any atom is -0.454 e. The molecule has 1 amide bonds. The van der Waals surface area contributed by atoms with Crippen molar-refractivity contribution in [3.63, 3.8) is 0 Å². The molecule has 0 radical (unpaired) electrons. The van der Waals surface area contributed by atoms with Crippen molar-refractivity contribution >= 4 is 39.8 Å². The second kappa shape index (κ2) is 10.7. The van der Waals surface area contributed by atoms with Gasteiger partial charge in [-0.05, 0) is 43.3 Å². The Morgan fingerprint density at radius 1 is 1.03 bits per heavy atom. The monoisotopic (exact) mass is 544 g/mol. The van der Waals surface area contributed by atoms with Crippen LogP contribution in [0.1, 0.15) is 13.8 Å². The van der Waals surface area contributed by atoms with E-state index in [9.17, 15) is 4.79 Å². The number of ether oxygens (including phenoxy) is 2. The first-order chi connectivity index (χ1) is 19.1. The van der Waals surface area contributed by atoms with Crippen molar-refractivity contribution in [2.75, 3.05) is 55.1 Å². The second-order valence-electron chi connectivity index (χ2n) is 9.08. The van der Waals surface area contributed by atoms with E-state index in [0.717, 1.165) is 63.8 Å². The molecule has 12 heteroatoms. The molecule has 4 aromatic rings. The average Bonchev–Trinajstić information content (AvgIpc) is 3.61. The summed E-state index contributed by atoms with van der Waals surface area (Å²) in [6.45, 7) is 7.58. The quantitative estimate of drug-likeness (QED) is 0.350. The number of thiazole rings is 1. The maximum Gasteiger partial charge on any atom is 0.231 e. The van der Waals surface area contributed by atoms with Crippen LogP contribution in [-0.2, 0) is 4.79 Å². The zero-order valence-electron chi connectivity index (χ0n) is 21.7. The number of benzene rings is 1. The van der Waals surface area contributed by atoms with Crippen molar-refractivity contribution in [1.82, 2.24) is 24.8 Å². The number of nitrogens with one attached hydrogen (secondary N) is 2. The molecule has 39 heavy (non-hydrogen) atoms. The van der Waals surface area contributed by atoms with Gasteiger partial charge in [0.15, 0.2) is 16.6 Å². The predicted molar refractivity (Wildman–Crippen MR) is 151 cm³/mol. The zero-order chi connectivity index (χ0) is 26.8. The molecule has 1 fully saturated rings. The van der Waals surface area contributed by atoms with Crippen LogP contribution in [0.4, 0.5) is 22.6 Å². The standard InChI is InChI=1S/C27H28N8O3S/c1-3-28-27-33-24(18-4-6-21-22(14-18)38-16-37-21)25(39-27)20-8-9-29-26(32-20)31-19-5-7-23(30-15-19)35-12-10-34(11-13-35)17(2)36/h4-9,14-15H,3,10-13,16H2,1-2H3,(H,28,33)(H,29,31,32). The molecule has 11 nitrogen and oxygen atoms in total. The van der Waals surface area contributed by atoms with Crippen molar-refractivity contribution in [3.8, 4) is 33.3 Å². The molecule has 0 aliphatic carbocycles. The van der Waals surface area contributed by atoms with Gasteiger partial charge in [0.1, 0.15) is 5.82 Å². The van der Waals surface area contributed by atoms with Crippen LogP contribution in [0.5, 0.6) is 11.5 Å². The summed E-state index contributed by atoms with van der Waals surface area (Å²) in [7, 11) is 0. The topological polar surface area (TPSA) is 118 Å². The van der Waals surface area contributed by atoms with Gasteiger partial charge < -0.3 is 29.9 Å². The van der Waals surface area contributed by atoms with Gasteiger partial charge >= 0.3 is 0 Å². The fourth-order valence-electron chi connectivity index (χ4n) is 4.53. The van der Waals surface area contributed by atoms with Crippen LogP contribution in [0.15, 0.2) is 48.8 Å². The van der Waals surface area contributed by atoms with Crippen LogP contribution in [0.25, 0.3) is 21.8 Å². The summed E-state index contributed by atoms with van der Waals surface area (Å²) in [5.74, 6) is 2.90. The highest BCUT2D eigenvalue weighted by atomic mass is 32.1. The number of aromatic nitrogens is 4. The first-order valence-corrected chi connectivity index (χ1v) is 13.6. The van der Waals surface area contributed by atoms with Gasteiger partial charge in [0.05, 0.1) is 28.1 Å². The molecule has 2 N–H and O–H groups in total. The third kappa shape index (κ3) is 5.28. The van der Waals surface area contributed by atoms with E-state index >= 15 is 0 Å². The van der Waals surface area contributed by atoms with E-state index < -0.39 is 0 Å². The van der Waals surface area contributed by atoms with E-state index in [4.69, 9.17) is 19.4 Å².